The van der Waals surface area contributed by atoms with E-state index in [-0.39, 0.29) is 5.75 Å². The van der Waals surface area contributed by atoms with Gasteiger partial charge in [-0.3, -0.25) is 4.90 Å². The third-order valence-electron chi connectivity index (χ3n) is 6.21. The van der Waals surface area contributed by atoms with Gasteiger partial charge in [-0.15, -0.1) is 13.2 Å². The fourth-order valence-corrected chi connectivity index (χ4v) is 4.82. The first kappa shape index (κ1) is 20.1. The van der Waals surface area contributed by atoms with Gasteiger partial charge in [0.25, 0.3) is 0 Å². The van der Waals surface area contributed by atoms with E-state index in [0.717, 1.165) is 61.2 Å². The number of hydrogen-bond donors (Lipinski definition) is 0. The molecule has 0 amide bonds. The van der Waals surface area contributed by atoms with Crippen LogP contribution in [-0.2, 0) is 13.0 Å². The summed E-state index contributed by atoms with van der Waals surface area (Å²) in [6, 6.07) is 12.7. The van der Waals surface area contributed by atoms with Crippen LogP contribution in [0.25, 0.3) is 0 Å². The Labute approximate surface area is 169 Å². The van der Waals surface area contributed by atoms with Crippen molar-refractivity contribution in [1.29, 1.82) is 0 Å². The van der Waals surface area contributed by atoms with E-state index in [1.54, 1.807) is 13.2 Å². The van der Waals surface area contributed by atoms with Crippen molar-refractivity contribution >= 4 is 0 Å². The lowest BCUT2D eigenvalue weighted by atomic mass is 10.0. The van der Waals surface area contributed by atoms with Gasteiger partial charge in [0.05, 0.1) is 7.11 Å². The van der Waals surface area contributed by atoms with Crippen LogP contribution in [0.5, 0.6) is 11.5 Å². The van der Waals surface area contributed by atoms with Gasteiger partial charge in [-0.05, 0) is 72.4 Å². The summed E-state index contributed by atoms with van der Waals surface area (Å²) in [6.45, 7) is 5.24. The molecule has 3 nitrogen and oxygen atoms in total. The molecule has 0 bridgehead atoms. The molecule has 1 saturated carbocycles. The van der Waals surface area contributed by atoms with E-state index in [9.17, 15) is 13.2 Å². The SMILES string of the molecule is COc1ccc(CN2CC3C(CCc4cccc(OC(F)(F)F)c4)C3C2)cc1C. The van der Waals surface area contributed by atoms with Crippen molar-refractivity contribution in [2.45, 2.75) is 32.7 Å². The van der Waals surface area contributed by atoms with Gasteiger partial charge < -0.3 is 9.47 Å². The standard InChI is InChI=1S/C23H26F3NO2/c1-15-10-17(7-9-22(15)28-2)12-27-13-20-19(21(20)14-27)8-6-16-4-3-5-18(11-16)29-23(24,25)26/h3-5,7,9-11,19-21H,6,8,12-14H2,1-2H3. The smallest absolute Gasteiger partial charge is 0.496 e. The van der Waals surface area contributed by atoms with Gasteiger partial charge in [-0.25, -0.2) is 0 Å². The van der Waals surface area contributed by atoms with Gasteiger partial charge in [0.15, 0.2) is 0 Å². The predicted octanol–water partition coefficient (Wildman–Crippen LogP) is 5.21. The van der Waals surface area contributed by atoms with E-state index in [1.165, 1.54) is 17.7 Å². The zero-order valence-electron chi connectivity index (χ0n) is 16.7. The number of ether oxygens (including phenoxy) is 2. The minimum atomic E-state index is -4.64. The molecule has 0 N–H and O–H groups in total. The second-order valence-corrected chi connectivity index (χ2v) is 8.22. The average Bonchev–Trinajstić information content (AvgIpc) is 3.10. The Morgan fingerprint density at radius 3 is 2.45 bits per heavy atom. The molecule has 0 aromatic heterocycles. The zero-order chi connectivity index (χ0) is 20.6. The molecule has 2 atom stereocenters. The van der Waals surface area contributed by atoms with Crippen molar-refractivity contribution in [3.05, 3.63) is 59.2 Å². The van der Waals surface area contributed by atoms with E-state index in [4.69, 9.17) is 4.74 Å². The minimum absolute atomic E-state index is 0.132. The van der Waals surface area contributed by atoms with Gasteiger partial charge in [0.2, 0.25) is 0 Å². The molecular weight excluding hydrogens is 379 g/mol. The van der Waals surface area contributed by atoms with Gasteiger partial charge in [-0.1, -0.05) is 24.3 Å². The molecule has 29 heavy (non-hydrogen) atoms. The maximum atomic E-state index is 12.4. The summed E-state index contributed by atoms with van der Waals surface area (Å²) in [7, 11) is 1.69. The molecule has 0 radical (unpaired) electrons. The number of benzene rings is 2. The lowest BCUT2D eigenvalue weighted by Crippen LogP contribution is -2.24. The van der Waals surface area contributed by atoms with Crippen molar-refractivity contribution in [3.63, 3.8) is 0 Å². The Morgan fingerprint density at radius 1 is 1.03 bits per heavy atom. The van der Waals surface area contributed by atoms with Crippen LogP contribution in [0.4, 0.5) is 13.2 Å². The van der Waals surface area contributed by atoms with E-state index < -0.39 is 6.36 Å². The molecule has 156 valence electrons. The van der Waals surface area contributed by atoms with E-state index in [0.29, 0.717) is 5.92 Å². The Balaban J connectivity index is 1.24. The molecule has 2 fully saturated rings. The van der Waals surface area contributed by atoms with Crippen molar-refractivity contribution in [2.24, 2.45) is 17.8 Å². The maximum Gasteiger partial charge on any atom is 0.573 e. The van der Waals surface area contributed by atoms with Crippen LogP contribution in [0.3, 0.4) is 0 Å². The number of fused-ring (bicyclic) bond motifs is 1. The first-order valence-electron chi connectivity index (χ1n) is 10.0. The molecule has 6 heteroatoms. The third-order valence-corrected chi connectivity index (χ3v) is 6.21. The number of alkyl halides is 3. The highest BCUT2D eigenvalue weighted by atomic mass is 19.4. The number of rotatable bonds is 7. The predicted molar refractivity (Wildman–Crippen MR) is 105 cm³/mol. The van der Waals surface area contributed by atoms with Crippen molar-refractivity contribution < 1.29 is 22.6 Å². The number of aryl methyl sites for hydroxylation is 2. The highest BCUT2D eigenvalue weighted by molar-refractivity contribution is 5.36. The van der Waals surface area contributed by atoms with E-state index in [2.05, 4.69) is 28.7 Å². The Hall–Kier alpha value is -2.21. The van der Waals surface area contributed by atoms with Crippen LogP contribution in [-0.4, -0.2) is 31.5 Å². The van der Waals surface area contributed by atoms with Crippen LogP contribution in [0.2, 0.25) is 0 Å². The Bertz CT molecular complexity index is 855. The van der Waals surface area contributed by atoms with Crippen LogP contribution in [0.15, 0.2) is 42.5 Å². The van der Waals surface area contributed by atoms with Gasteiger partial charge in [0.1, 0.15) is 11.5 Å². The largest absolute Gasteiger partial charge is 0.573 e. The maximum absolute atomic E-state index is 12.4. The van der Waals surface area contributed by atoms with Crippen molar-refractivity contribution in [1.82, 2.24) is 4.90 Å². The number of hydrogen-bond acceptors (Lipinski definition) is 3. The lowest BCUT2D eigenvalue weighted by Gasteiger charge is -2.20. The molecule has 2 aliphatic rings. The summed E-state index contributed by atoms with van der Waals surface area (Å²) >= 11 is 0. The quantitative estimate of drug-likeness (QED) is 0.631. The van der Waals surface area contributed by atoms with Crippen molar-refractivity contribution in [2.75, 3.05) is 20.2 Å². The summed E-state index contributed by atoms with van der Waals surface area (Å²) in [4.78, 5) is 2.50. The Morgan fingerprint density at radius 2 is 1.79 bits per heavy atom. The summed E-state index contributed by atoms with van der Waals surface area (Å²) in [5, 5.41) is 0. The molecule has 0 spiro atoms. The Kier molecular flexibility index (Phi) is 5.47. The van der Waals surface area contributed by atoms with Crippen LogP contribution >= 0.6 is 0 Å². The van der Waals surface area contributed by atoms with Gasteiger partial charge in [0, 0.05) is 19.6 Å². The molecule has 2 aromatic carbocycles. The average molecular weight is 405 g/mol. The molecule has 2 unspecified atom stereocenters. The van der Waals surface area contributed by atoms with E-state index in [1.807, 2.05) is 12.1 Å². The number of likely N-dealkylation sites (tertiary alicyclic amines) is 1. The van der Waals surface area contributed by atoms with Gasteiger partial charge >= 0.3 is 6.36 Å². The summed E-state index contributed by atoms with van der Waals surface area (Å²) in [6.07, 6.45) is -2.82. The fourth-order valence-electron chi connectivity index (χ4n) is 4.82. The highest BCUT2D eigenvalue weighted by Crippen LogP contribution is 2.54. The number of piperidine rings is 1. The summed E-state index contributed by atoms with van der Waals surface area (Å²) in [5.74, 6) is 2.93. The lowest BCUT2D eigenvalue weighted by molar-refractivity contribution is -0.274. The highest BCUT2D eigenvalue weighted by Gasteiger charge is 2.54. The number of halogens is 3. The first-order valence-corrected chi connectivity index (χ1v) is 10.0. The molecule has 1 saturated heterocycles. The molecule has 1 heterocycles. The van der Waals surface area contributed by atoms with Crippen LogP contribution in [0, 0.1) is 24.7 Å². The van der Waals surface area contributed by atoms with Gasteiger partial charge in [-0.2, -0.15) is 0 Å². The van der Waals surface area contributed by atoms with Crippen LogP contribution < -0.4 is 9.47 Å². The third kappa shape index (κ3) is 4.86. The topological polar surface area (TPSA) is 21.7 Å². The molecular formula is C23H26F3NO2. The van der Waals surface area contributed by atoms with Crippen LogP contribution in [0.1, 0.15) is 23.1 Å². The summed E-state index contributed by atoms with van der Waals surface area (Å²) in [5.41, 5.74) is 3.37. The normalized spacial score (nSPS) is 23.7. The minimum Gasteiger partial charge on any atom is -0.496 e. The fraction of sp³-hybridized carbons (Fsp3) is 0.478. The first-order chi connectivity index (χ1) is 13.8. The number of methoxy groups -OCH3 is 1. The van der Waals surface area contributed by atoms with E-state index >= 15 is 0 Å². The van der Waals surface area contributed by atoms with Crippen molar-refractivity contribution in [3.8, 4) is 11.5 Å². The second-order valence-electron chi connectivity index (χ2n) is 8.22. The number of nitrogens with zero attached hydrogens (tertiary/aromatic N) is 1. The second kappa shape index (κ2) is 7.90. The zero-order valence-corrected chi connectivity index (χ0v) is 16.7. The molecule has 1 aliphatic heterocycles. The molecule has 4 rings (SSSR count). The monoisotopic (exact) mass is 405 g/mol. The molecule has 2 aromatic rings. The summed E-state index contributed by atoms with van der Waals surface area (Å²) < 4.78 is 46.5. The molecule has 1 aliphatic carbocycles.